The molecule has 0 spiro atoms. The quantitative estimate of drug-likeness (QED) is 0.315. The maximum Gasteiger partial charge on any atom is 0 e. The van der Waals surface area contributed by atoms with E-state index in [1.54, 1.807) is 0 Å². The molecule has 0 aromatic rings. The minimum atomic E-state index is 0. The van der Waals surface area contributed by atoms with Crippen LogP contribution >= 0.6 is 0 Å². The van der Waals surface area contributed by atoms with Gasteiger partial charge >= 0.3 is 0 Å². The third-order valence-corrected chi connectivity index (χ3v) is 0. The van der Waals surface area contributed by atoms with Crippen LogP contribution in [-0.2, 0) is 0 Å². The maximum atomic E-state index is 0. The molecule has 0 aliphatic rings. The van der Waals surface area contributed by atoms with Gasteiger partial charge in [-0.1, -0.05) is 0 Å². The van der Waals surface area contributed by atoms with E-state index in [-0.39, 0.29) is 129 Å². The predicted molar refractivity (Wildman–Crippen MR) is 32.5 cm³/mol. The van der Waals surface area contributed by atoms with E-state index in [4.69, 9.17) is 0 Å². The van der Waals surface area contributed by atoms with Crippen molar-refractivity contribution in [3.8, 4) is 0 Å². The van der Waals surface area contributed by atoms with Gasteiger partial charge in [-0.2, -0.15) is 0 Å². The van der Waals surface area contributed by atoms with Crippen LogP contribution in [-0.4, -0.2) is 49.3 Å². The largest absolute Gasteiger partial charge is 0.412 e. The monoisotopic (exact) mass is 478 g/mol. The third kappa shape index (κ3) is 248. The van der Waals surface area contributed by atoms with Gasteiger partial charge < -0.3 is 49.3 Å². The molecule has 0 unspecified atom stereocenters. The van der Waals surface area contributed by atoms with Crippen LogP contribution in [0.1, 0.15) is 0 Å². The van der Waals surface area contributed by atoms with Crippen LogP contribution in [0.15, 0.2) is 0 Å². The van der Waals surface area contributed by atoms with Crippen LogP contribution in [0, 0.1) is 79.9 Å². The molecule has 0 aromatic heterocycles. The molecule has 0 bridgehead atoms. The molecule has 0 aliphatic heterocycles. The van der Waals surface area contributed by atoms with Crippen LogP contribution < -0.4 is 0 Å². The normalized spacial score (nSPS) is 0. The van der Waals surface area contributed by atoms with Gasteiger partial charge in [0.1, 0.15) is 0 Å². The molecule has 0 heterocycles. The summed E-state index contributed by atoms with van der Waals surface area (Å²) in [7, 11) is 0. The van der Waals surface area contributed by atoms with Crippen molar-refractivity contribution in [1.82, 2.24) is 0 Å². The van der Waals surface area contributed by atoms with Gasteiger partial charge in [0.05, 0.1) is 0 Å². The molecule has 11 heavy (non-hydrogen) atoms. The molecule has 0 saturated carbocycles. The van der Waals surface area contributed by atoms with E-state index in [0.29, 0.717) is 0 Å². The van der Waals surface area contributed by atoms with Gasteiger partial charge in [0.25, 0.3) is 0 Å². The second-order valence-electron chi connectivity index (χ2n) is 0. The first-order chi connectivity index (χ1) is 0. The van der Waals surface area contributed by atoms with Crippen molar-refractivity contribution >= 4 is 0 Å². The van der Waals surface area contributed by atoms with Crippen LogP contribution in [0.3, 0.4) is 0 Å². The zero-order valence-corrected chi connectivity index (χ0v) is 9.74. The molecule has 0 atom stereocenters. The molecule has 0 radical (unpaired) electrons. The molecular weight excluding hydrogens is 458 g/mol. The molecule has 0 aromatic carbocycles. The average molecular weight is 477 g/mol. The van der Waals surface area contributed by atoms with E-state index in [1.807, 2.05) is 0 Å². The Hall–Kier alpha value is 2.29. The van der Waals surface area contributed by atoms with Crippen LogP contribution in [0.5, 0.6) is 0 Å². The van der Waals surface area contributed by atoms with Gasteiger partial charge in [0, 0.05) is 79.9 Å². The van der Waals surface area contributed by atoms with Gasteiger partial charge in [-0.15, -0.1) is 0 Å². The van der Waals surface area contributed by atoms with E-state index in [9.17, 15) is 0 Å². The molecule has 0 saturated heterocycles. The summed E-state index contributed by atoms with van der Waals surface area (Å²) in [4.78, 5) is 0. The van der Waals surface area contributed by atoms with E-state index in [2.05, 4.69) is 0 Å². The number of hydrogen-bond acceptors (Lipinski definition) is 0. The SMILES string of the molecule is O.O.O.O.O.O.O.O.O.[Gd].[Gd]. The second kappa shape index (κ2) is 299. The summed E-state index contributed by atoms with van der Waals surface area (Å²) in [5, 5.41) is 0. The van der Waals surface area contributed by atoms with Crippen LogP contribution in [0.2, 0.25) is 0 Å². The summed E-state index contributed by atoms with van der Waals surface area (Å²) < 4.78 is 0. The average Bonchev–Trinajstić information content (AvgIpc) is 0. The molecule has 0 rings (SSSR count). The van der Waals surface area contributed by atoms with Crippen molar-refractivity contribution < 1.29 is 129 Å². The predicted octanol–water partition coefficient (Wildman–Crippen LogP) is -7.42. The minimum absolute atomic E-state index is 0. The Morgan fingerprint density at radius 2 is 0.182 bits per heavy atom. The Morgan fingerprint density at radius 3 is 0.182 bits per heavy atom. The number of hydrogen-bond donors (Lipinski definition) is 0. The zero-order valence-electron chi connectivity index (χ0n) is 5.21. The Labute approximate surface area is 127 Å². The fourth-order valence-corrected chi connectivity index (χ4v) is 0. The van der Waals surface area contributed by atoms with Gasteiger partial charge in [-0.05, 0) is 0 Å². The summed E-state index contributed by atoms with van der Waals surface area (Å²) >= 11 is 0. The molecule has 0 aliphatic carbocycles. The van der Waals surface area contributed by atoms with Gasteiger partial charge in [-0.25, -0.2) is 0 Å². The summed E-state index contributed by atoms with van der Waals surface area (Å²) in [6, 6.07) is 0. The Bertz CT molecular complexity index is 7.52. The maximum absolute atomic E-state index is 0. The van der Waals surface area contributed by atoms with Crippen molar-refractivity contribution in [2.24, 2.45) is 0 Å². The van der Waals surface area contributed by atoms with Gasteiger partial charge in [0.2, 0.25) is 0 Å². The molecule has 11 heteroatoms. The fourth-order valence-electron chi connectivity index (χ4n) is 0. The van der Waals surface area contributed by atoms with Crippen molar-refractivity contribution in [3.05, 3.63) is 0 Å². The first-order valence-corrected chi connectivity index (χ1v) is 0. The van der Waals surface area contributed by atoms with Crippen molar-refractivity contribution in [3.63, 3.8) is 0 Å². The van der Waals surface area contributed by atoms with Crippen molar-refractivity contribution in [1.29, 1.82) is 0 Å². The van der Waals surface area contributed by atoms with Crippen LogP contribution in [0.25, 0.3) is 0 Å². The molecule has 0 amide bonds. The second-order valence-corrected chi connectivity index (χ2v) is 0. The standard InChI is InChI=1S/2Gd.9H2O/h;;9*1H2. The van der Waals surface area contributed by atoms with E-state index >= 15 is 0 Å². The molecule has 88 valence electrons. The third-order valence-electron chi connectivity index (χ3n) is 0. The van der Waals surface area contributed by atoms with E-state index in [1.165, 1.54) is 0 Å². The van der Waals surface area contributed by atoms with Crippen molar-refractivity contribution in [2.75, 3.05) is 0 Å². The summed E-state index contributed by atoms with van der Waals surface area (Å²) in [6.07, 6.45) is 0. The van der Waals surface area contributed by atoms with E-state index in [0.717, 1.165) is 0 Å². The van der Waals surface area contributed by atoms with Crippen LogP contribution in [0.4, 0.5) is 0 Å². The van der Waals surface area contributed by atoms with Gasteiger partial charge in [-0.3, -0.25) is 0 Å². The number of rotatable bonds is 0. The molecule has 18 N–H and O–H groups in total. The first-order valence-electron chi connectivity index (χ1n) is 0. The minimum Gasteiger partial charge on any atom is -0.412 e. The Kier molecular flexibility index (Phi) is 10400. The van der Waals surface area contributed by atoms with E-state index < -0.39 is 0 Å². The molecule has 9 nitrogen and oxygen atoms in total. The smallest absolute Gasteiger partial charge is 0 e. The molecular formula is H18Gd2O9. The van der Waals surface area contributed by atoms with Crippen molar-refractivity contribution in [2.45, 2.75) is 0 Å². The summed E-state index contributed by atoms with van der Waals surface area (Å²) in [5.74, 6) is 0. The van der Waals surface area contributed by atoms with Gasteiger partial charge in [0.15, 0.2) is 0 Å². The fraction of sp³-hybridized carbons (Fsp3) is 0. The topological polar surface area (TPSA) is 284 Å². The summed E-state index contributed by atoms with van der Waals surface area (Å²) in [6.45, 7) is 0. The first kappa shape index (κ1) is 383. The zero-order chi connectivity index (χ0) is 0. The summed E-state index contributed by atoms with van der Waals surface area (Å²) in [5.41, 5.74) is 0. The molecule has 0 fully saturated rings. The Balaban J connectivity index is 0. The Morgan fingerprint density at radius 1 is 0.182 bits per heavy atom.